The van der Waals surface area contributed by atoms with E-state index in [4.69, 9.17) is 11.6 Å². The smallest absolute Gasteiger partial charge is 0.228 e. The molecule has 1 fully saturated rings. The van der Waals surface area contributed by atoms with Crippen molar-refractivity contribution >= 4 is 34.8 Å². The largest absolute Gasteiger partial charge is 0.326 e. The van der Waals surface area contributed by atoms with E-state index >= 15 is 0 Å². The van der Waals surface area contributed by atoms with Crippen molar-refractivity contribution < 1.29 is 14.0 Å². The maximum atomic E-state index is 13.2. The molecule has 2 atom stereocenters. The van der Waals surface area contributed by atoms with Crippen LogP contribution in [0.5, 0.6) is 0 Å². The van der Waals surface area contributed by atoms with Gasteiger partial charge in [-0.05, 0) is 47.7 Å². The molecule has 1 aliphatic carbocycles. The van der Waals surface area contributed by atoms with Gasteiger partial charge in [0.15, 0.2) is 0 Å². The number of anilines is 2. The average Bonchev–Trinajstić information content (AvgIpc) is 3.39. The summed E-state index contributed by atoms with van der Waals surface area (Å²) in [5.74, 6) is -1.72. The average molecular weight is 389 g/mol. The zero-order valence-electron chi connectivity index (χ0n) is 15.5. The zero-order valence-corrected chi connectivity index (χ0v) is 16.2. The number of amides is 2. The van der Waals surface area contributed by atoms with E-state index in [9.17, 15) is 14.0 Å². The Morgan fingerprint density at radius 3 is 2.00 bits per heavy atom. The number of hydrogen-bond donors (Lipinski definition) is 2. The Balaban J connectivity index is 1.55. The van der Waals surface area contributed by atoms with Crippen LogP contribution in [0.25, 0.3) is 0 Å². The highest BCUT2D eigenvalue weighted by molar-refractivity contribution is 6.31. The molecule has 2 unspecified atom stereocenters. The van der Waals surface area contributed by atoms with Gasteiger partial charge in [-0.3, -0.25) is 9.59 Å². The number of carbonyl (C=O) groups excluding carboxylic acids is 2. The van der Waals surface area contributed by atoms with E-state index < -0.39 is 5.82 Å². The summed E-state index contributed by atoms with van der Waals surface area (Å²) in [4.78, 5) is 24.6. The van der Waals surface area contributed by atoms with Gasteiger partial charge in [-0.25, -0.2) is 4.39 Å². The van der Waals surface area contributed by atoms with Crippen LogP contribution in [0.4, 0.5) is 15.8 Å². The molecule has 0 heterocycles. The predicted octanol–water partition coefficient (Wildman–Crippen LogP) is 4.99. The molecule has 142 valence electrons. The summed E-state index contributed by atoms with van der Waals surface area (Å²) in [7, 11) is 0. The van der Waals surface area contributed by atoms with Crippen molar-refractivity contribution in [3.05, 3.63) is 58.9 Å². The molecule has 4 nitrogen and oxygen atoms in total. The second kappa shape index (κ2) is 7.31. The molecule has 2 aromatic rings. The van der Waals surface area contributed by atoms with Gasteiger partial charge in [0.1, 0.15) is 5.82 Å². The Bertz CT molecular complexity index is 875. The van der Waals surface area contributed by atoms with Crippen LogP contribution in [0.1, 0.15) is 32.8 Å². The van der Waals surface area contributed by atoms with Crippen molar-refractivity contribution in [1.29, 1.82) is 0 Å². The predicted molar refractivity (Wildman–Crippen MR) is 105 cm³/mol. The van der Waals surface area contributed by atoms with Crippen LogP contribution in [0.15, 0.2) is 42.5 Å². The van der Waals surface area contributed by atoms with Crippen molar-refractivity contribution in [2.75, 3.05) is 10.6 Å². The highest BCUT2D eigenvalue weighted by Crippen LogP contribution is 2.40. The number of nitrogens with one attached hydrogen (secondary N) is 2. The number of halogens is 2. The first-order chi connectivity index (χ1) is 12.6. The highest BCUT2D eigenvalue weighted by Gasteiger charge is 2.48. The van der Waals surface area contributed by atoms with E-state index in [-0.39, 0.29) is 34.1 Å². The Labute approximate surface area is 163 Å². The number of hydrogen-bond acceptors (Lipinski definition) is 2. The maximum Gasteiger partial charge on any atom is 0.228 e. The normalized spacial score (nSPS) is 18.7. The zero-order chi connectivity index (χ0) is 19.8. The molecular weight excluding hydrogens is 367 g/mol. The van der Waals surface area contributed by atoms with Gasteiger partial charge in [-0.2, -0.15) is 0 Å². The summed E-state index contributed by atoms with van der Waals surface area (Å²) in [6.07, 6.45) is 0.493. The van der Waals surface area contributed by atoms with Crippen LogP contribution < -0.4 is 10.6 Å². The van der Waals surface area contributed by atoms with Crippen molar-refractivity contribution in [3.63, 3.8) is 0 Å². The summed E-state index contributed by atoms with van der Waals surface area (Å²) in [6, 6.07) is 11.7. The summed E-state index contributed by atoms with van der Waals surface area (Å²) in [5.41, 5.74) is 2.35. The van der Waals surface area contributed by atoms with Gasteiger partial charge in [0, 0.05) is 11.4 Å². The minimum Gasteiger partial charge on any atom is -0.326 e. The molecule has 6 heteroatoms. The molecular formula is C21H22ClFN2O2. The summed E-state index contributed by atoms with van der Waals surface area (Å²) in [6.45, 7) is 6.38. The van der Waals surface area contributed by atoms with Gasteiger partial charge < -0.3 is 10.6 Å². The Kier molecular flexibility index (Phi) is 5.24. The van der Waals surface area contributed by atoms with Crippen LogP contribution >= 0.6 is 11.6 Å². The molecule has 1 aliphatic rings. The lowest BCUT2D eigenvalue weighted by atomic mass is 9.87. The molecule has 1 saturated carbocycles. The van der Waals surface area contributed by atoms with Crippen LogP contribution in [-0.4, -0.2) is 11.8 Å². The van der Waals surface area contributed by atoms with Gasteiger partial charge >= 0.3 is 0 Å². The number of benzene rings is 2. The quantitative estimate of drug-likeness (QED) is 0.775. The number of rotatable bonds is 4. The van der Waals surface area contributed by atoms with Gasteiger partial charge in [-0.1, -0.05) is 44.5 Å². The van der Waals surface area contributed by atoms with E-state index in [1.807, 2.05) is 24.3 Å². The third kappa shape index (κ3) is 4.66. The second-order valence-corrected chi connectivity index (χ2v) is 8.29. The van der Waals surface area contributed by atoms with Crippen LogP contribution in [0.3, 0.4) is 0 Å². The highest BCUT2D eigenvalue weighted by atomic mass is 35.5. The molecule has 3 rings (SSSR count). The minimum absolute atomic E-state index is 0.0471. The van der Waals surface area contributed by atoms with E-state index in [0.29, 0.717) is 17.8 Å². The maximum absolute atomic E-state index is 13.2. The number of carbonyl (C=O) groups is 2. The summed E-state index contributed by atoms with van der Waals surface area (Å²) >= 11 is 5.71. The van der Waals surface area contributed by atoms with Gasteiger partial charge in [-0.15, -0.1) is 0 Å². The fourth-order valence-corrected chi connectivity index (χ4v) is 3.05. The molecule has 0 bridgehead atoms. The standard InChI is InChI=1S/C21H22ClFN2O2/c1-21(2,3)12-4-6-13(7-5-12)24-19(26)15-11-16(15)20(27)25-14-8-9-18(23)17(22)10-14/h4-10,15-16H,11H2,1-3H3,(H,24,26)(H,25,27). The van der Waals surface area contributed by atoms with Gasteiger partial charge in [0.2, 0.25) is 11.8 Å². The Morgan fingerprint density at radius 1 is 0.963 bits per heavy atom. The Morgan fingerprint density at radius 2 is 1.48 bits per heavy atom. The Hall–Kier alpha value is -2.40. The molecule has 0 aromatic heterocycles. The molecule has 27 heavy (non-hydrogen) atoms. The van der Waals surface area contributed by atoms with Crippen LogP contribution in [0.2, 0.25) is 5.02 Å². The van der Waals surface area contributed by atoms with E-state index in [2.05, 4.69) is 31.4 Å². The molecule has 2 aromatic carbocycles. The van der Waals surface area contributed by atoms with E-state index in [0.717, 1.165) is 0 Å². The van der Waals surface area contributed by atoms with E-state index in [1.165, 1.54) is 23.8 Å². The SMILES string of the molecule is CC(C)(C)c1ccc(NC(=O)C2CC2C(=O)Nc2ccc(F)c(Cl)c2)cc1. The fourth-order valence-electron chi connectivity index (χ4n) is 2.87. The lowest BCUT2D eigenvalue weighted by Crippen LogP contribution is -2.20. The van der Waals surface area contributed by atoms with Crippen molar-refractivity contribution in [2.24, 2.45) is 11.8 Å². The van der Waals surface area contributed by atoms with Gasteiger partial charge in [0.25, 0.3) is 0 Å². The van der Waals surface area contributed by atoms with Crippen molar-refractivity contribution in [3.8, 4) is 0 Å². The monoisotopic (exact) mass is 388 g/mol. The van der Waals surface area contributed by atoms with Crippen molar-refractivity contribution in [2.45, 2.75) is 32.6 Å². The first kappa shape index (κ1) is 19.4. The topological polar surface area (TPSA) is 58.2 Å². The molecule has 2 amide bonds. The first-order valence-corrected chi connectivity index (χ1v) is 9.20. The minimum atomic E-state index is -0.546. The summed E-state index contributed by atoms with van der Waals surface area (Å²) < 4.78 is 13.2. The lowest BCUT2D eigenvalue weighted by molar-refractivity contribution is -0.122. The molecule has 0 saturated heterocycles. The van der Waals surface area contributed by atoms with Crippen LogP contribution in [-0.2, 0) is 15.0 Å². The van der Waals surface area contributed by atoms with Crippen LogP contribution in [0, 0.1) is 17.7 Å². The van der Waals surface area contributed by atoms with Crippen molar-refractivity contribution in [1.82, 2.24) is 0 Å². The molecule has 2 N–H and O–H groups in total. The fraction of sp³-hybridized carbons (Fsp3) is 0.333. The third-order valence-corrected chi connectivity index (χ3v) is 4.96. The van der Waals surface area contributed by atoms with Gasteiger partial charge in [0.05, 0.1) is 16.9 Å². The third-order valence-electron chi connectivity index (χ3n) is 4.67. The second-order valence-electron chi connectivity index (χ2n) is 7.88. The lowest BCUT2D eigenvalue weighted by Gasteiger charge is -2.19. The summed E-state index contributed by atoms with van der Waals surface area (Å²) in [5, 5.41) is 5.47. The van der Waals surface area contributed by atoms with E-state index in [1.54, 1.807) is 0 Å². The molecule has 0 radical (unpaired) electrons. The first-order valence-electron chi connectivity index (χ1n) is 8.82. The molecule has 0 aliphatic heterocycles. The molecule has 0 spiro atoms.